The Balaban J connectivity index is 2.73. The van der Waals surface area contributed by atoms with E-state index < -0.39 is 21.2 Å². The summed E-state index contributed by atoms with van der Waals surface area (Å²) < 4.78 is 35.4. The van der Waals surface area contributed by atoms with Gasteiger partial charge in [0.2, 0.25) is 0 Å². The number of hydrogen-bond acceptors (Lipinski definition) is 4. The Morgan fingerprint density at radius 2 is 2.11 bits per heavy atom. The Kier molecular flexibility index (Phi) is 1.88. The van der Waals surface area contributed by atoms with Gasteiger partial charge in [0, 0.05) is 0 Å². The van der Waals surface area contributed by atoms with Crippen LogP contribution in [0, 0.1) is 0 Å². The van der Waals surface area contributed by atoms with E-state index in [2.05, 4.69) is 3.63 Å². The summed E-state index contributed by atoms with van der Waals surface area (Å²) in [5.41, 5.74) is 0. The van der Waals surface area contributed by atoms with Gasteiger partial charge in [-0.3, -0.25) is 0 Å². The molecule has 1 rings (SSSR count). The molecular weight excluding hydrogens is 164 g/mol. The van der Waals surface area contributed by atoms with Crippen LogP contribution >= 0.6 is 0 Å². The second-order valence-corrected chi connectivity index (χ2v) is 4.77. The first-order chi connectivity index (χ1) is 4.10. The van der Waals surface area contributed by atoms with Crippen molar-refractivity contribution in [1.29, 1.82) is 0 Å². The summed E-state index contributed by atoms with van der Waals surface area (Å²) in [7, 11) is -3.43. The van der Waals surface area contributed by atoms with Gasteiger partial charge in [0.1, 0.15) is 0 Å². The predicted molar refractivity (Wildman–Crippen MR) is 32.5 cm³/mol. The van der Waals surface area contributed by atoms with E-state index in [4.69, 9.17) is 0 Å². The highest BCUT2D eigenvalue weighted by molar-refractivity contribution is 7.97. The molecular formula is C3H6O4S2. The SMILES string of the molecule is O=S1CCCS(=O)(=O)O1. The lowest BCUT2D eigenvalue weighted by molar-refractivity contribution is 0.488. The van der Waals surface area contributed by atoms with Crippen molar-refractivity contribution < 1.29 is 16.3 Å². The molecule has 4 nitrogen and oxygen atoms in total. The highest BCUT2D eigenvalue weighted by atomic mass is 32.3. The van der Waals surface area contributed by atoms with Crippen molar-refractivity contribution in [3.63, 3.8) is 0 Å². The van der Waals surface area contributed by atoms with Crippen LogP contribution in [0.1, 0.15) is 6.42 Å². The summed E-state index contributed by atoms with van der Waals surface area (Å²) in [4.78, 5) is 0. The van der Waals surface area contributed by atoms with Crippen LogP contribution in [-0.2, 0) is 24.8 Å². The summed E-state index contributed by atoms with van der Waals surface area (Å²) in [5.74, 6) is 0.331. The molecule has 0 aromatic carbocycles. The molecule has 0 aliphatic carbocycles. The van der Waals surface area contributed by atoms with Gasteiger partial charge in [0.25, 0.3) is 10.1 Å². The largest absolute Gasteiger partial charge is 0.280 e. The van der Waals surface area contributed by atoms with Gasteiger partial charge in [-0.15, -0.1) is 0 Å². The third kappa shape index (κ3) is 2.04. The van der Waals surface area contributed by atoms with Crippen LogP contribution in [-0.4, -0.2) is 24.1 Å². The van der Waals surface area contributed by atoms with Crippen molar-refractivity contribution in [3.8, 4) is 0 Å². The van der Waals surface area contributed by atoms with E-state index >= 15 is 0 Å². The molecule has 0 aromatic heterocycles. The van der Waals surface area contributed by atoms with Crippen LogP contribution in [0.2, 0.25) is 0 Å². The van der Waals surface area contributed by atoms with E-state index in [1.807, 2.05) is 0 Å². The molecule has 0 saturated carbocycles. The average molecular weight is 170 g/mol. The smallest absolute Gasteiger partial charge is 0.229 e. The molecule has 0 N–H and O–H groups in total. The monoisotopic (exact) mass is 170 g/mol. The first kappa shape index (κ1) is 7.17. The first-order valence-electron chi connectivity index (χ1n) is 2.41. The van der Waals surface area contributed by atoms with Gasteiger partial charge >= 0.3 is 0 Å². The summed E-state index contributed by atoms with van der Waals surface area (Å²) >= 11 is -1.60. The summed E-state index contributed by atoms with van der Waals surface area (Å²) in [6, 6.07) is 0. The number of hydrogen-bond donors (Lipinski definition) is 0. The van der Waals surface area contributed by atoms with E-state index in [9.17, 15) is 12.6 Å². The quantitative estimate of drug-likeness (QED) is 0.487. The Morgan fingerprint density at radius 1 is 1.44 bits per heavy atom. The lowest BCUT2D eigenvalue weighted by Gasteiger charge is -2.08. The Labute approximate surface area is 56.0 Å². The molecule has 54 valence electrons. The Hall–Kier alpha value is 0.0600. The van der Waals surface area contributed by atoms with Gasteiger partial charge in [-0.25, -0.2) is 4.21 Å². The minimum Gasteiger partial charge on any atom is -0.229 e. The van der Waals surface area contributed by atoms with E-state index in [-0.39, 0.29) is 5.75 Å². The molecule has 0 spiro atoms. The molecule has 0 amide bonds. The van der Waals surface area contributed by atoms with Gasteiger partial charge in [-0.1, -0.05) is 0 Å². The minimum atomic E-state index is -3.43. The van der Waals surface area contributed by atoms with Gasteiger partial charge < -0.3 is 0 Å². The molecule has 1 fully saturated rings. The maximum absolute atomic E-state index is 10.4. The van der Waals surface area contributed by atoms with Gasteiger partial charge in [-0.05, 0) is 6.42 Å². The van der Waals surface area contributed by atoms with Gasteiger partial charge in [0.05, 0.1) is 11.5 Å². The second kappa shape index (κ2) is 2.36. The highest BCUT2D eigenvalue weighted by Crippen LogP contribution is 2.07. The first-order valence-corrected chi connectivity index (χ1v) is 5.23. The van der Waals surface area contributed by atoms with Crippen LogP contribution in [0.4, 0.5) is 0 Å². The van der Waals surface area contributed by atoms with E-state index in [1.54, 1.807) is 0 Å². The minimum absolute atomic E-state index is 0.00125. The van der Waals surface area contributed by atoms with Crippen molar-refractivity contribution >= 4 is 21.2 Å². The maximum Gasteiger partial charge on any atom is 0.280 e. The maximum atomic E-state index is 10.4. The molecule has 1 heterocycles. The van der Waals surface area contributed by atoms with Crippen molar-refractivity contribution in [2.75, 3.05) is 11.5 Å². The Morgan fingerprint density at radius 3 is 2.44 bits per heavy atom. The van der Waals surface area contributed by atoms with E-state index in [1.165, 1.54) is 0 Å². The van der Waals surface area contributed by atoms with E-state index in [0.717, 1.165) is 0 Å². The summed E-state index contributed by atoms with van der Waals surface area (Å²) in [6.45, 7) is 0. The van der Waals surface area contributed by atoms with E-state index in [0.29, 0.717) is 12.2 Å². The molecule has 0 aromatic rings. The van der Waals surface area contributed by atoms with Crippen LogP contribution in [0.15, 0.2) is 0 Å². The van der Waals surface area contributed by atoms with Gasteiger partial charge in [-0.2, -0.15) is 12.0 Å². The zero-order valence-electron chi connectivity index (χ0n) is 4.57. The molecule has 1 saturated heterocycles. The standard InChI is InChI=1S/C3H6O4S2/c4-8-2-1-3-9(5,6)7-8/h1-3H2. The fraction of sp³-hybridized carbons (Fsp3) is 1.00. The fourth-order valence-electron chi connectivity index (χ4n) is 0.537. The predicted octanol–water partition coefficient (Wildman–Crippen LogP) is -0.600. The van der Waals surface area contributed by atoms with Crippen LogP contribution in [0.25, 0.3) is 0 Å². The number of rotatable bonds is 0. The molecule has 1 aliphatic rings. The normalized spacial score (nSPS) is 34.0. The average Bonchev–Trinajstić information content (AvgIpc) is 1.60. The third-order valence-corrected chi connectivity index (χ3v) is 3.73. The molecule has 1 aliphatic heterocycles. The fourth-order valence-corrected chi connectivity index (χ4v) is 3.07. The van der Waals surface area contributed by atoms with Crippen LogP contribution < -0.4 is 0 Å². The third-order valence-electron chi connectivity index (χ3n) is 0.885. The van der Waals surface area contributed by atoms with Crippen LogP contribution in [0.5, 0.6) is 0 Å². The second-order valence-electron chi connectivity index (χ2n) is 1.69. The lowest BCUT2D eigenvalue weighted by Crippen LogP contribution is -2.21. The molecule has 1 unspecified atom stereocenters. The zero-order chi connectivity index (χ0) is 6.91. The lowest BCUT2D eigenvalue weighted by atomic mass is 10.6. The van der Waals surface area contributed by atoms with Crippen molar-refractivity contribution in [2.45, 2.75) is 6.42 Å². The molecule has 0 radical (unpaired) electrons. The van der Waals surface area contributed by atoms with Crippen molar-refractivity contribution in [2.24, 2.45) is 0 Å². The Bertz CT molecular complexity index is 216. The molecule has 6 heteroatoms. The zero-order valence-corrected chi connectivity index (χ0v) is 6.20. The topological polar surface area (TPSA) is 60.4 Å². The van der Waals surface area contributed by atoms with Gasteiger partial charge in [0.15, 0.2) is 11.1 Å². The molecule has 9 heavy (non-hydrogen) atoms. The summed E-state index contributed by atoms with van der Waals surface area (Å²) in [6.07, 6.45) is 0.439. The van der Waals surface area contributed by atoms with Crippen molar-refractivity contribution in [3.05, 3.63) is 0 Å². The van der Waals surface area contributed by atoms with Crippen molar-refractivity contribution in [1.82, 2.24) is 0 Å². The molecule has 0 bridgehead atoms. The summed E-state index contributed by atoms with van der Waals surface area (Å²) in [5, 5.41) is 0. The molecule has 1 atom stereocenters. The highest BCUT2D eigenvalue weighted by Gasteiger charge is 2.21. The van der Waals surface area contributed by atoms with Crippen LogP contribution in [0.3, 0.4) is 0 Å².